The van der Waals surface area contributed by atoms with E-state index in [2.05, 4.69) is 23.6 Å². The van der Waals surface area contributed by atoms with Crippen molar-refractivity contribution < 1.29 is 4.74 Å². The van der Waals surface area contributed by atoms with E-state index in [1.807, 2.05) is 0 Å². The van der Waals surface area contributed by atoms with Crippen molar-refractivity contribution in [2.75, 3.05) is 37.8 Å². The topological polar surface area (TPSA) is 38.5 Å². The number of hydrogen-bond donors (Lipinski definition) is 1. The van der Waals surface area contributed by atoms with Crippen LogP contribution in [0.3, 0.4) is 0 Å². The zero-order chi connectivity index (χ0) is 10.7. The number of nitrogens with zero attached hydrogens (tertiary/aromatic N) is 1. The number of ether oxygens (including phenoxy) is 1. The van der Waals surface area contributed by atoms with E-state index in [0.717, 1.165) is 26.2 Å². The van der Waals surface area contributed by atoms with E-state index in [-0.39, 0.29) is 5.54 Å². The molecule has 2 rings (SSSR count). The highest BCUT2D eigenvalue weighted by Gasteiger charge is 2.40. The Morgan fingerprint density at radius 3 is 3.07 bits per heavy atom. The minimum Gasteiger partial charge on any atom is -0.379 e. The molecule has 2 heterocycles. The van der Waals surface area contributed by atoms with Crippen LogP contribution in [0.2, 0.25) is 0 Å². The molecular formula is C11H22N2OS. The molecule has 0 aromatic heterocycles. The summed E-state index contributed by atoms with van der Waals surface area (Å²) < 4.78 is 5.65. The maximum Gasteiger partial charge on any atom is 0.0662 e. The zero-order valence-corrected chi connectivity index (χ0v) is 10.4. The normalized spacial score (nSPS) is 39.2. The SMILES string of the molecule is CC1CSCCN1C1(CN)CCCOC1. The van der Waals surface area contributed by atoms with Gasteiger partial charge in [0.05, 0.1) is 12.1 Å². The molecule has 88 valence electrons. The molecule has 0 saturated carbocycles. The molecule has 0 amide bonds. The van der Waals surface area contributed by atoms with Crippen molar-refractivity contribution in [3.05, 3.63) is 0 Å². The Kier molecular flexibility index (Phi) is 3.93. The fourth-order valence-electron chi connectivity index (χ4n) is 2.77. The van der Waals surface area contributed by atoms with E-state index in [9.17, 15) is 0 Å². The first kappa shape index (κ1) is 11.7. The minimum atomic E-state index is 0.138. The molecule has 2 saturated heterocycles. The molecule has 2 aliphatic rings. The maximum atomic E-state index is 6.00. The first-order chi connectivity index (χ1) is 7.28. The lowest BCUT2D eigenvalue weighted by molar-refractivity contribution is -0.0556. The Hall–Kier alpha value is 0.230. The van der Waals surface area contributed by atoms with E-state index >= 15 is 0 Å². The van der Waals surface area contributed by atoms with Gasteiger partial charge in [0.15, 0.2) is 0 Å². The molecular weight excluding hydrogens is 208 g/mol. The maximum absolute atomic E-state index is 6.00. The molecule has 3 nitrogen and oxygen atoms in total. The average molecular weight is 230 g/mol. The largest absolute Gasteiger partial charge is 0.379 e. The Morgan fingerprint density at radius 1 is 1.60 bits per heavy atom. The van der Waals surface area contributed by atoms with E-state index in [0.29, 0.717) is 6.04 Å². The highest BCUT2D eigenvalue weighted by Crippen LogP contribution is 2.30. The van der Waals surface area contributed by atoms with Gasteiger partial charge >= 0.3 is 0 Å². The van der Waals surface area contributed by atoms with Gasteiger partial charge < -0.3 is 10.5 Å². The van der Waals surface area contributed by atoms with Gasteiger partial charge in [-0.1, -0.05) is 0 Å². The van der Waals surface area contributed by atoms with E-state index in [4.69, 9.17) is 10.5 Å². The average Bonchev–Trinajstić information content (AvgIpc) is 2.30. The van der Waals surface area contributed by atoms with Gasteiger partial charge in [0, 0.05) is 37.2 Å². The van der Waals surface area contributed by atoms with Gasteiger partial charge in [0.1, 0.15) is 0 Å². The summed E-state index contributed by atoms with van der Waals surface area (Å²) in [6, 6.07) is 0.647. The van der Waals surface area contributed by atoms with E-state index in [1.54, 1.807) is 0 Å². The van der Waals surface area contributed by atoms with Crippen molar-refractivity contribution >= 4 is 11.8 Å². The van der Waals surface area contributed by atoms with Gasteiger partial charge in [-0.05, 0) is 19.8 Å². The Morgan fingerprint density at radius 2 is 2.47 bits per heavy atom. The summed E-state index contributed by atoms with van der Waals surface area (Å²) in [6.07, 6.45) is 2.37. The fraction of sp³-hybridized carbons (Fsp3) is 1.00. The Labute approximate surface area is 96.7 Å². The smallest absolute Gasteiger partial charge is 0.0662 e. The van der Waals surface area contributed by atoms with Crippen LogP contribution in [-0.2, 0) is 4.74 Å². The second-order valence-corrected chi connectivity index (χ2v) is 5.85. The molecule has 0 aromatic carbocycles. The molecule has 2 atom stereocenters. The van der Waals surface area contributed by atoms with Crippen molar-refractivity contribution in [2.24, 2.45) is 5.73 Å². The molecule has 0 radical (unpaired) electrons. The van der Waals surface area contributed by atoms with Gasteiger partial charge in [0.2, 0.25) is 0 Å². The van der Waals surface area contributed by atoms with Gasteiger partial charge in [-0.3, -0.25) is 4.90 Å². The summed E-state index contributed by atoms with van der Waals surface area (Å²) in [5, 5.41) is 0. The van der Waals surface area contributed by atoms with Crippen LogP contribution in [-0.4, -0.2) is 54.3 Å². The molecule has 0 spiro atoms. The van der Waals surface area contributed by atoms with Crippen molar-refractivity contribution in [3.63, 3.8) is 0 Å². The van der Waals surface area contributed by atoms with Crippen molar-refractivity contribution in [1.29, 1.82) is 0 Å². The molecule has 4 heteroatoms. The van der Waals surface area contributed by atoms with Crippen LogP contribution in [0.25, 0.3) is 0 Å². The zero-order valence-electron chi connectivity index (χ0n) is 9.58. The van der Waals surface area contributed by atoms with E-state index in [1.165, 1.54) is 24.5 Å². The van der Waals surface area contributed by atoms with Crippen molar-refractivity contribution in [3.8, 4) is 0 Å². The second-order valence-electron chi connectivity index (χ2n) is 4.70. The monoisotopic (exact) mass is 230 g/mol. The highest BCUT2D eigenvalue weighted by molar-refractivity contribution is 7.99. The quantitative estimate of drug-likeness (QED) is 0.766. The van der Waals surface area contributed by atoms with Crippen LogP contribution in [0, 0.1) is 0 Å². The number of nitrogens with two attached hydrogens (primary N) is 1. The first-order valence-electron chi connectivity index (χ1n) is 5.91. The summed E-state index contributed by atoms with van der Waals surface area (Å²) in [6.45, 7) is 5.98. The standard InChI is InChI=1S/C11H22N2OS/c1-10-7-15-6-4-13(10)11(8-12)3-2-5-14-9-11/h10H,2-9,12H2,1H3. The summed E-state index contributed by atoms with van der Waals surface area (Å²) >= 11 is 2.06. The lowest BCUT2D eigenvalue weighted by Gasteiger charge is -2.50. The lowest BCUT2D eigenvalue weighted by atomic mass is 9.89. The number of rotatable bonds is 2. The van der Waals surface area contributed by atoms with Crippen LogP contribution in [0.4, 0.5) is 0 Å². The third kappa shape index (κ3) is 2.33. The molecule has 2 aliphatic heterocycles. The predicted octanol–water partition coefficient (Wildman–Crippen LogP) is 0.932. The molecule has 15 heavy (non-hydrogen) atoms. The summed E-state index contributed by atoms with van der Waals surface area (Å²) in [5.74, 6) is 2.48. The molecule has 2 N–H and O–H groups in total. The third-order valence-corrected chi connectivity index (χ3v) is 4.85. The second kappa shape index (κ2) is 5.04. The van der Waals surface area contributed by atoms with Crippen molar-refractivity contribution in [2.45, 2.75) is 31.3 Å². The summed E-state index contributed by atoms with van der Waals surface area (Å²) in [7, 11) is 0. The van der Waals surface area contributed by atoms with Gasteiger partial charge in [-0.2, -0.15) is 11.8 Å². The van der Waals surface area contributed by atoms with Crippen LogP contribution in [0.5, 0.6) is 0 Å². The van der Waals surface area contributed by atoms with Crippen molar-refractivity contribution in [1.82, 2.24) is 4.90 Å². The molecule has 2 unspecified atom stereocenters. The van der Waals surface area contributed by atoms with Crippen LogP contribution >= 0.6 is 11.8 Å². The molecule has 0 aliphatic carbocycles. The highest BCUT2D eigenvalue weighted by atomic mass is 32.2. The number of hydrogen-bond acceptors (Lipinski definition) is 4. The molecule has 2 fully saturated rings. The molecule has 0 aromatic rings. The van der Waals surface area contributed by atoms with Crippen LogP contribution in [0.15, 0.2) is 0 Å². The first-order valence-corrected chi connectivity index (χ1v) is 7.06. The molecule has 0 bridgehead atoms. The predicted molar refractivity (Wildman–Crippen MR) is 65.3 cm³/mol. The minimum absolute atomic E-state index is 0.138. The van der Waals surface area contributed by atoms with Crippen LogP contribution < -0.4 is 5.73 Å². The van der Waals surface area contributed by atoms with Gasteiger partial charge in [-0.25, -0.2) is 0 Å². The summed E-state index contributed by atoms with van der Waals surface area (Å²) in [5.41, 5.74) is 6.14. The van der Waals surface area contributed by atoms with Gasteiger partial charge in [0.25, 0.3) is 0 Å². The fourth-order valence-corrected chi connectivity index (χ4v) is 3.79. The Balaban J connectivity index is 2.08. The van der Waals surface area contributed by atoms with Gasteiger partial charge in [-0.15, -0.1) is 0 Å². The van der Waals surface area contributed by atoms with Crippen LogP contribution in [0.1, 0.15) is 19.8 Å². The third-order valence-electron chi connectivity index (χ3n) is 3.66. The van der Waals surface area contributed by atoms with E-state index < -0.39 is 0 Å². The number of thioether (sulfide) groups is 1. The summed E-state index contributed by atoms with van der Waals surface area (Å²) in [4.78, 5) is 2.60. The lowest BCUT2D eigenvalue weighted by Crippen LogP contribution is -2.63. The Bertz CT molecular complexity index is 207.